The van der Waals surface area contributed by atoms with Gasteiger partial charge in [0, 0.05) is 6.54 Å². The molecule has 0 bridgehead atoms. The van der Waals surface area contributed by atoms with E-state index < -0.39 is 0 Å². The first-order valence-corrected chi connectivity index (χ1v) is 6.33. The Morgan fingerprint density at radius 2 is 1.53 bits per heavy atom. The summed E-state index contributed by atoms with van der Waals surface area (Å²) in [6.45, 7) is 0.849. The minimum Gasteiger partial charge on any atom is -0.306 e. The van der Waals surface area contributed by atoms with Gasteiger partial charge < -0.3 is 4.90 Å². The zero-order valence-corrected chi connectivity index (χ0v) is 11.3. The second-order valence-corrected chi connectivity index (χ2v) is 4.75. The first kappa shape index (κ1) is 13.5. The monoisotopic (exact) mass is 255 g/mol. The van der Waals surface area contributed by atoms with E-state index >= 15 is 0 Å². The number of hydrogen-bond donors (Lipinski definition) is 0. The van der Waals surface area contributed by atoms with E-state index in [2.05, 4.69) is 23.1 Å². The van der Waals surface area contributed by atoms with Gasteiger partial charge in [0.1, 0.15) is 5.82 Å². The van der Waals surface area contributed by atoms with Crippen molar-refractivity contribution in [3.8, 4) is 0 Å². The van der Waals surface area contributed by atoms with Crippen LogP contribution in [0.2, 0.25) is 0 Å². The highest BCUT2D eigenvalue weighted by Crippen LogP contribution is 2.23. The van der Waals surface area contributed by atoms with Crippen LogP contribution in [-0.2, 0) is 0 Å². The van der Waals surface area contributed by atoms with Gasteiger partial charge in [0.05, 0.1) is 0 Å². The quantitative estimate of drug-likeness (QED) is 0.802. The zero-order chi connectivity index (χ0) is 13.7. The molecule has 2 heteroatoms. The standard InChI is InChI=1S/C17H18FN/c1-19(2)13-12-17(14-6-4-3-5-7-14)15-8-10-16(18)11-9-15/h3-12H,13H2,1-2H3/b17-12-. The van der Waals surface area contributed by atoms with Crippen molar-refractivity contribution >= 4 is 5.57 Å². The van der Waals surface area contributed by atoms with Gasteiger partial charge in [-0.05, 0) is 42.9 Å². The molecule has 0 aliphatic heterocycles. The van der Waals surface area contributed by atoms with Crippen molar-refractivity contribution in [2.75, 3.05) is 20.6 Å². The number of hydrogen-bond acceptors (Lipinski definition) is 1. The maximum absolute atomic E-state index is 13.0. The Bertz CT molecular complexity index is 541. The second-order valence-electron chi connectivity index (χ2n) is 4.75. The third kappa shape index (κ3) is 3.76. The first-order valence-electron chi connectivity index (χ1n) is 6.33. The van der Waals surface area contributed by atoms with Crippen LogP contribution >= 0.6 is 0 Å². The van der Waals surface area contributed by atoms with Gasteiger partial charge in [0.25, 0.3) is 0 Å². The lowest BCUT2D eigenvalue weighted by molar-refractivity contribution is 0.457. The molecule has 0 N–H and O–H groups in total. The molecule has 98 valence electrons. The summed E-state index contributed by atoms with van der Waals surface area (Å²) < 4.78 is 13.0. The molecular formula is C17H18FN. The predicted molar refractivity (Wildman–Crippen MR) is 78.5 cm³/mol. The van der Waals surface area contributed by atoms with Crippen LogP contribution < -0.4 is 0 Å². The molecule has 0 unspecified atom stereocenters. The Morgan fingerprint density at radius 1 is 0.947 bits per heavy atom. The molecule has 0 aliphatic carbocycles. The van der Waals surface area contributed by atoms with E-state index in [4.69, 9.17) is 0 Å². The molecule has 0 saturated carbocycles. The summed E-state index contributed by atoms with van der Waals surface area (Å²) >= 11 is 0. The molecule has 1 nitrogen and oxygen atoms in total. The van der Waals surface area contributed by atoms with E-state index in [1.807, 2.05) is 44.4 Å². The predicted octanol–water partition coefficient (Wildman–Crippen LogP) is 3.82. The van der Waals surface area contributed by atoms with Crippen molar-refractivity contribution in [2.24, 2.45) is 0 Å². The Morgan fingerprint density at radius 3 is 2.11 bits per heavy atom. The molecule has 0 saturated heterocycles. The summed E-state index contributed by atoms with van der Waals surface area (Å²) in [5.41, 5.74) is 3.32. The maximum atomic E-state index is 13.0. The third-order valence-electron chi connectivity index (χ3n) is 2.90. The average Bonchev–Trinajstić information content (AvgIpc) is 2.42. The Labute approximate surface area is 114 Å². The van der Waals surface area contributed by atoms with Crippen LogP contribution in [0.5, 0.6) is 0 Å². The zero-order valence-electron chi connectivity index (χ0n) is 11.3. The summed E-state index contributed by atoms with van der Waals surface area (Å²) in [5, 5.41) is 0. The van der Waals surface area contributed by atoms with Crippen molar-refractivity contribution in [1.82, 2.24) is 4.90 Å². The van der Waals surface area contributed by atoms with Crippen LogP contribution in [0.4, 0.5) is 4.39 Å². The number of likely N-dealkylation sites (N-methyl/N-ethyl adjacent to an activating group) is 1. The molecule has 2 aromatic carbocycles. The van der Waals surface area contributed by atoms with Crippen molar-refractivity contribution < 1.29 is 4.39 Å². The van der Waals surface area contributed by atoms with E-state index in [9.17, 15) is 4.39 Å². The van der Waals surface area contributed by atoms with Crippen LogP contribution in [0.15, 0.2) is 60.7 Å². The molecule has 0 atom stereocenters. The molecule has 0 aromatic heterocycles. The summed E-state index contributed by atoms with van der Waals surface area (Å²) in [5.74, 6) is -0.205. The van der Waals surface area contributed by atoms with Gasteiger partial charge >= 0.3 is 0 Å². The van der Waals surface area contributed by atoms with Gasteiger partial charge in [0.15, 0.2) is 0 Å². The molecule has 0 aliphatic rings. The highest BCUT2D eigenvalue weighted by molar-refractivity contribution is 5.79. The van der Waals surface area contributed by atoms with Gasteiger partial charge in [-0.3, -0.25) is 0 Å². The summed E-state index contributed by atoms with van der Waals surface area (Å²) in [4.78, 5) is 2.10. The molecule has 0 spiro atoms. The van der Waals surface area contributed by atoms with Gasteiger partial charge in [-0.2, -0.15) is 0 Å². The van der Waals surface area contributed by atoms with Crippen molar-refractivity contribution in [3.05, 3.63) is 77.6 Å². The summed E-state index contributed by atoms with van der Waals surface area (Å²) in [6.07, 6.45) is 2.17. The molecule has 19 heavy (non-hydrogen) atoms. The largest absolute Gasteiger partial charge is 0.306 e. The van der Waals surface area contributed by atoms with Crippen LogP contribution in [0, 0.1) is 5.82 Å². The Balaban J connectivity index is 2.40. The lowest BCUT2D eigenvalue weighted by Gasteiger charge is -2.11. The van der Waals surface area contributed by atoms with Gasteiger partial charge in [-0.1, -0.05) is 48.5 Å². The highest BCUT2D eigenvalue weighted by Gasteiger charge is 2.04. The summed E-state index contributed by atoms with van der Waals surface area (Å²) in [6, 6.07) is 16.8. The van der Waals surface area contributed by atoms with Gasteiger partial charge in [0.2, 0.25) is 0 Å². The fraction of sp³-hybridized carbons (Fsp3) is 0.176. The topological polar surface area (TPSA) is 3.24 Å². The van der Waals surface area contributed by atoms with Gasteiger partial charge in [-0.15, -0.1) is 0 Å². The lowest BCUT2D eigenvalue weighted by atomic mass is 9.97. The molecule has 0 radical (unpaired) electrons. The fourth-order valence-electron chi connectivity index (χ4n) is 1.92. The van der Waals surface area contributed by atoms with Gasteiger partial charge in [-0.25, -0.2) is 4.39 Å². The van der Waals surface area contributed by atoms with Crippen LogP contribution in [0.3, 0.4) is 0 Å². The fourth-order valence-corrected chi connectivity index (χ4v) is 1.92. The smallest absolute Gasteiger partial charge is 0.123 e. The van der Waals surface area contributed by atoms with Crippen molar-refractivity contribution in [2.45, 2.75) is 0 Å². The maximum Gasteiger partial charge on any atom is 0.123 e. The number of benzene rings is 2. The molecular weight excluding hydrogens is 237 g/mol. The molecule has 0 heterocycles. The van der Waals surface area contributed by atoms with E-state index in [0.717, 1.165) is 23.2 Å². The SMILES string of the molecule is CN(C)C/C=C(/c1ccccc1)c1ccc(F)cc1. The number of halogens is 1. The minimum atomic E-state index is -0.205. The lowest BCUT2D eigenvalue weighted by Crippen LogP contribution is -2.11. The number of nitrogens with zero attached hydrogens (tertiary/aromatic N) is 1. The number of rotatable bonds is 4. The van der Waals surface area contributed by atoms with E-state index in [-0.39, 0.29) is 5.82 Å². The van der Waals surface area contributed by atoms with E-state index in [0.29, 0.717) is 0 Å². The third-order valence-corrected chi connectivity index (χ3v) is 2.90. The second kappa shape index (κ2) is 6.30. The first-order chi connectivity index (χ1) is 9.16. The minimum absolute atomic E-state index is 0.205. The Hall–Kier alpha value is -1.93. The van der Waals surface area contributed by atoms with E-state index in [1.165, 1.54) is 12.1 Å². The van der Waals surface area contributed by atoms with E-state index in [1.54, 1.807) is 0 Å². The molecule has 0 fully saturated rings. The molecule has 2 aromatic rings. The average molecular weight is 255 g/mol. The summed E-state index contributed by atoms with van der Waals surface area (Å²) in [7, 11) is 4.06. The molecule has 0 amide bonds. The Kier molecular flexibility index (Phi) is 4.48. The normalized spacial score (nSPS) is 11.9. The molecule has 2 rings (SSSR count). The van der Waals surface area contributed by atoms with Crippen molar-refractivity contribution in [3.63, 3.8) is 0 Å². The van der Waals surface area contributed by atoms with Crippen molar-refractivity contribution in [1.29, 1.82) is 0 Å². The van der Waals surface area contributed by atoms with Crippen LogP contribution in [-0.4, -0.2) is 25.5 Å². The van der Waals surface area contributed by atoms with Crippen LogP contribution in [0.1, 0.15) is 11.1 Å². The highest BCUT2D eigenvalue weighted by atomic mass is 19.1. The van der Waals surface area contributed by atoms with Crippen LogP contribution in [0.25, 0.3) is 5.57 Å².